The van der Waals surface area contributed by atoms with Gasteiger partial charge in [0.05, 0.1) is 12.5 Å². The van der Waals surface area contributed by atoms with Gasteiger partial charge in [-0.3, -0.25) is 71.9 Å². The maximum atomic E-state index is 14.6. The van der Waals surface area contributed by atoms with Crippen molar-refractivity contribution in [2.75, 3.05) is 26.2 Å². The first-order chi connectivity index (χ1) is 43.5. The fourth-order valence-corrected chi connectivity index (χ4v) is 10.5. The minimum Gasteiger partial charge on any atom is -0.481 e. The zero-order valence-electron chi connectivity index (χ0n) is 54.3. The number of hydrogen-bond donors (Lipinski definition) is 16. The van der Waals surface area contributed by atoms with E-state index in [1.165, 1.54) is 23.6 Å². The van der Waals surface area contributed by atoms with Crippen LogP contribution in [0.3, 0.4) is 0 Å². The first-order valence-corrected chi connectivity index (χ1v) is 31.4. The van der Waals surface area contributed by atoms with Crippen molar-refractivity contribution in [3.05, 3.63) is 0 Å². The van der Waals surface area contributed by atoms with Crippen LogP contribution in [0.2, 0.25) is 0 Å². The lowest BCUT2D eigenvalue weighted by Crippen LogP contribution is -2.61. The van der Waals surface area contributed by atoms with Crippen molar-refractivity contribution in [2.24, 2.45) is 23.5 Å². The standard InChI is InChI=1S/C57H93N13O19.C2H4O2/c1-28(2)26-37(51(82)67-44(29(3)4)54(85)63-34(14-9-10-22-58)49(80)62-35(18-20-41(71)72)50(81)66-38(57(88)89)27-43(75)76)65-52(83)39-16-13-25-70(39)56(87)45(30(5)6)68-53(84)40-17-12-24-69(40)55(86)36(19-21-42(73)74)64-47(78)32(8)60-46(77)31(7)61-48(79)33-15-11-23-59-33;1-2(3)4/h28-40,44-45,59H,9-27,58H2,1-8H3,(H,60,77)(H,61,79)(H,62,80)(H,63,85)(H,64,78)(H,65,83)(H,66,81)(H,67,82)(H,68,84)(H,71,72)(H,73,74)(H,75,76)(H,88,89);1H3,(H,3,4)/t31-,32-,33-,34-,35-,36-,37-,38-,39-,40-,44-,45-;/m0./s1. The van der Waals surface area contributed by atoms with Crippen molar-refractivity contribution in [3.63, 3.8) is 0 Å². The van der Waals surface area contributed by atoms with Crippen LogP contribution in [0.4, 0.5) is 0 Å². The second kappa shape index (κ2) is 39.8. The van der Waals surface area contributed by atoms with Crippen LogP contribution in [0.5, 0.6) is 0 Å². The molecule has 3 rings (SSSR count). The number of hydrogen-bond acceptors (Lipinski definition) is 18. The predicted molar refractivity (Wildman–Crippen MR) is 328 cm³/mol. The minimum atomic E-state index is -1.94. The van der Waals surface area contributed by atoms with Gasteiger partial charge in [0.1, 0.15) is 66.5 Å². The van der Waals surface area contributed by atoms with Gasteiger partial charge in [0.2, 0.25) is 65.0 Å². The van der Waals surface area contributed by atoms with Crippen molar-refractivity contribution in [3.8, 4) is 0 Å². The number of nitrogens with one attached hydrogen (secondary N) is 10. The molecular formula is C59H97N13O21. The number of amides is 11. The molecule has 12 atom stereocenters. The van der Waals surface area contributed by atoms with Gasteiger partial charge in [0, 0.05) is 32.9 Å². The Morgan fingerprint density at radius 3 is 1.41 bits per heavy atom. The molecule has 524 valence electrons. The van der Waals surface area contributed by atoms with Crippen LogP contribution in [0, 0.1) is 17.8 Å². The molecule has 3 aliphatic heterocycles. The number of nitrogens with two attached hydrogens (primary N) is 1. The van der Waals surface area contributed by atoms with Gasteiger partial charge in [-0.2, -0.15) is 0 Å². The maximum absolute atomic E-state index is 14.6. The molecule has 0 aliphatic carbocycles. The molecule has 11 amide bonds. The van der Waals surface area contributed by atoms with Gasteiger partial charge in [0.15, 0.2) is 0 Å². The van der Waals surface area contributed by atoms with Gasteiger partial charge >= 0.3 is 23.9 Å². The second-order valence-electron chi connectivity index (χ2n) is 24.5. The fourth-order valence-electron chi connectivity index (χ4n) is 10.5. The molecule has 3 aliphatic rings. The van der Waals surface area contributed by atoms with Gasteiger partial charge in [0.25, 0.3) is 5.97 Å². The van der Waals surface area contributed by atoms with Crippen LogP contribution < -0.4 is 58.9 Å². The molecule has 0 aromatic carbocycles. The molecule has 0 radical (unpaired) electrons. The largest absolute Gasteiger partial charge is 0.481 e. The van der Waals surface area contributed by atoms with E-state index in [2.05, 4.69) is 47.9 Å². The summed E-state index contributed by atoms with van der Waals surface area (Å²) in [5.74, 6) is -16.9. The fraction of sp³-hybridized carbons (Fsp3) is 0.729. The topological polar surface area (TPSA) is 527 Å². The van der Waals surface area contributed by atoms with E-state index >= 15 is 0 Å². The number of carboxylic acid groups (broad SMARTS) is 5. The van der Waals surface area contributed by atoms with Crippen molar-refractivity contribution < 1.29 is 102 Å². The smallest absolute Gasteiger partial charge is 0.326 e. The second-order valence-corrected chi connectivity index (χ2v) is 24.5. The lowest BCUT2D eigenvalue weighted by molar-refractivity contribution is -0.147. The van der Waals surface area contributed by atoms with Gasteiger partial charge in [-0.1, -0.05) is 41.5 Å². The third-order valence-electron chi connectivity index (χ3n) is 15.5. The Morgan fingerprint density at radius 2 is 0.925 bits per heavy atom. The van der Waals surface area contributed by atoms with Gasteiger partial charge < -0.3 is 94.2 Å². The Morgan fingerprint density at radius 1 is 0.462 bits per heavy atom. The highest BCUT2D eigenvalue weighted by Gasteiger charge is 2.44. The monoisotopic (exact) mass is 1320 g/mol. The van der Waals surface area contributed by atoms with Crippen LogP contribution in [0.25, 0.3) is 0 Å². The molecule has 93 heavy (non-hydrogen) atoms. The van der Waals surface area contributed by atoms with Crippen LogP contribution in [-0.4, -0.2) is 229 Å². The molecule has 0 unspecified atom stereocenters. The summed E-state index contributed by atoms with van der Waals surface area (Å²) in [6.45, 7) is 14.9. The molecule has 0 saturated carbocycles. The molecule has 34 heteroatoms. The summed E-state index contributed by atoms with van der Waals surface area (Å²) in [5.41, 5.74) is 5.69. The third kappa shape index (κ3) is 27.7. The van der Waals surface area contributed by atoms with Crippen LogP contribution in [0.15, 0.2) is 0 Å². The van der Waals surface area contributed by atoms with E-state index in [4.69, 9.17) is 20.7 Å². The summed E-state index contributed by atoms with van der Waals surface area (Å²) in [6.07, 6.45) is -0.289. The number of likely N-dealkylation sites (tertiary alicyclic amines) is 2. The molecule has 34 nitrogen and oxygen atoms in total. The number of nitrogens with zero attached hydrogens (tertiary/aromatic N) is 2. The molecule has 17 N–H and O–H groups in total. The lowest BCUT2D eigenvalue weighted by Gasteiger charge is -2.33. The quantitative estimate of drug-likeness (QED) is 0.0276. The Balaban J connectivity index is 0.00000714. The van der Waals surface area contributed by atoms with E-state index in [9.17, 15) is 87.2 Å². The number of aliphatic carboxylic acids is 5. The third-order valence-corrected chi connectivity index (χ3v) is 15.5. The van der Waals surface area contributed by atoms with E-state index in [0.29, 0.717) is 32.2 Å². The first kappa shape index (κ1) is 80.5. The highest BCUT2D eigenvalue weighted by molar-refractivity contribution is 6.00. The van der Waals surface area contributed by atoms with Crippen molar-refractivity contribution in [2.45, 2.75) is 231 Å². The Bertz CT molecular complexity index is 2670. The molecular weight excluding hydrogens is 1230 g/mol. The van der Waals surface area contributed by atoms with Crippen LogP contribution >= 0.6 is 0 Å². The molecule has 0 aromatic rings. The molecule has 3 fully saturated rings. The minimum absolute atomic E-state index is 0.0310. The average molecular weight is 1320 g/mol. The van der Waals surface area contributed by atoms with E-state index in [0.717, 1.165) is 13.3 Å². The van der Waals surface area contributed by atoms with E-state index in [1.807, 2.05) is 5.32 Å². The summed E-state index contributed by atoms with van der Waals surface area (Å²) in [7, 11) is 0. The molecule has 0 aromatic heterocycles. The zero-order valence-corrected chi connectivity index (χ0v) is 54.3. The molecule has 3 heterocycles. The molecule has 3 saturated heterocycles. The number of carboxylic acids is 5. The van der Waals surface area contributed by atoms with Crippen LogP contribution in [-0.2, 0) is 76.7 Å². The van der Waals surface area contributed by atoms with E-state index < -0.39 is 199 Å². The normalized spacial score (nSPS) is 18.9. The predicted octanol–water partition coefficient (Wildman–Crippen LogP) is -3.01. The highest BCUT2D eigenvalue weighted by Crippen LogP contribution is 2.24. The Labute approximate surface area is 539 Å². The van der Waals surface area contributed by atoms with Gasteiger partial charge in [-0.15, -0.1) is 0 Å². The number of carbonyl (C=O) groups is 16. The number of rotatable bonds is 37. The van der Waals surface area contributed by atoms with E-state index in [1.54, 1.807) is 41.5 Å². The first-order valence-electron chi connectivity index (χ1n) is 31.4. The average Bonchev–Trinajstić information content (AvgIpc) is 1.90. The number of carbonyl (C=O) groups excluding carboxylic acids is 11. The summed E-state index contributed by atoms with van der Waals surface area (Å²) in [6, 6.07) is -15.5. The molecule has 0 spiro atoms. The SMILES string of the molecule is CC(=O)O.CC(C)C[C@H](NC(=O)[C@@H]1CCCN1C(=O)[C@@H](NC(=O)[C@@H]1CCCN1C(=O)[C@H](CCC(=O)O)NC(=O)[C@H](C)NC(=O)[C@H](C)NC(=O)[C@@H]1CCCN1)C(C)C)C(=O)N[C@H](C(=O)N[C@@H](CCCCN)C(=O)N[C@@H](CCC(=O)O)C(=O)N[C@@H](CC(=O)O)C(=O)O)C(C)C. The summed E-state index contributed by atoms with van der Waals surface area (Å²) in [5, 5.41) is 70.7. The van der Waals surface area contributed by atoms with Crippen LogP contribution in [0.1, 0.15) is 159 Å². The molecule has 0 bridgehead atoms. The summed E-state index contributed by atoms with van der Waals surface area (Å²) < 4.78 is 0. The van der Waals surface area contributed by atoms with Crippen molar-refractivity contribution in [1.82, 2.24) is 63.0 Å². The van der Waals surface area contributed by atoms with Gasteiger partial charge in [-0.05, 0) is 122 Å². The Kier molecular flexibility index (Phi) is 34.4. The maximum Gasteiger partial charge on any atom is 0.326 e. The summed E-state index contributed by atoms with van der Waals surface area (Å²) in [4.78, 5) is 210. The number of unbranched alkanes of at least 4 members (excludes halogenated alkanes) is 1. The van der Waals surface area contributed by atoms with Gasteiger partial charge in [-0.25, -0.2) is 4.79 Å². The van der Waals surface area contributed by atoms with Crippen molar-refractivity contribution >= 4 is 94.8 Å². The lowest BCUT2D eigenvalue weighted by atomic mass is 9.98. The Hall–Kier alpha value is -8.56. The zero-order chi connectivity index (χ0) is 70.6. The van der Waals surface area contributed by atoms with E-state index in [-0.39, 0.29) is 70.0 Å². The van der Waals surface area contributed by atoms with Crippen molar-refractivity contribution in [1.29, 1.82) is 0 Å². The summed E-state index contributed by atoms with van der Waals surface area (Å²) >= 11 is 0. The highest BCUT2D eigenvalue weighted by atomic mass is 16.4.